The molecular weight excluding hydrogens is 198 g/mol. The van der Waals surface area contributed by atoms with E-state index in [1.54, 1.807) is 0 Å². The number of benzene rings is 2. The van der Waals surface area contributed by atoms with Crippen LogP contribution in [0.25, 0.3) is 10.8 Å². The van der Waals surface area contributed by atoms with Crippen LogP contribution in [0.5, 0.6) is 0 Å². The lowest BCUT2D eigenvalue weighted by Crippen LogP contribution is -2.38. The summed E-state index contributed by atoms with van der Waals surface area (Å²) in [5, 5.41) is 5.96. The average molecular weight is 213 g/mol. The van der Waals surface area contributed by atoms with Crippen molar-refractivity contribution in [2.45, 2.75) is 6.17 Å². The molecule has 0 amide bonds. The summed E-state index contributed by atoms with van der Waals surface area (Å²) in [6.07, 6.45) is 0.215. The number of anilines is 2. The van der Waals surface area contributed by atoms with E-state index in [4.69, 9.17) is 5.73 Å². The van der Waals surface area contributed by atoms with Crippen LogP contribution in [0, 0.1) is 0 Å². The van der Waals surface area contributed by atoms with Crippen LogP contribution >= 0.6 is 0 Å². The van der Waals surface area contributed by atoms with Gasteiger partial charge >= 0.3 is 0 Å². The standard InChI is InChI=1S/C13H15N3/c1-16-12-7-10-5-3-2-4-9(10)6-11(12)15-13(16)8-14/h2-7,13,15H,8,14H2,1H3. The quantitative estimate of drug-likeness (QED) is 0.761. The average Bonchev–Trinajstić information content (AvgIpc) is 2.63. The molecule has 82 valence electrons. The molecule has 0 saturated carbocycles. The van der Waals surface area contributed by atoms with Crippen LogP contribution in [0.2, 0.25) is 0 Å². The SMILES string of the molecule is CN1c2cc3ccccc3cc2NC1CN. The Labute approximate surface area is 94.9 Å². The van der Waals surface area contributed by atoms with Gasteiger partial charge in [0.2, 0.25) is 0 Å². The van der Waals surface area contributed by atoms with E-state index in [9.17, 15) is 0 Å². The second-order valence-corrected chi connectivity index (χ2v) is 4.22. The molecule has 0 saturated heterocycles. The molecule has 2 aromatic rings. The van der Waals surface area contributed by atoms with Crippen LogP contribution < -0.4 is 16.0 Å². The van der Waals surface area contributed by atoms with Gasteiger partial charge < -0.3 is 16.0 Å². The van der Waals surface area contributed by atoms with Gasteiger partial charge in [0, 0.05) is 13.6 Å². The van der Waals surface area contributed by atoms with Crippen LogP contribution in [0.3, 0.4) is 0 Å². The summed E-state index contributed by atoms with van der Waals surface area (Å²) >= 11 is 0. The Kier molecular flexibility index (Phi) is 2.01. The van der Waals surface area contributed by atoms with E-state index in [0.717, 1.165) is 0 Å². The first-order valence-corrected chi connectivity index (χ1v) is 5.52. The molecule has 16 heavy (non-hydrogen) atoms. The van der Waals surface area contributed by atoms with E-state index >= 15 is 0 Å². The van der Waals surface area contributed by atoms with E-state index in [2.05, 4.69) is 53.7 Å². The van der Waals surface area contributed by atoms with Crippen molar-refractivity contribution in [3.8, 4) is 0 Å². The number of hydrogen-bond donors (Lipinski definition) is 2. The molecule has 1 aliphatic heterocycles. The molecule has 3 heteroatoms. The maximum atomic E-state index is 5.72. The van der Waals surface area contributed by atoms with Crippen molar-refractivity contribution in [1.29, 1.82) is 0 Å². The smallest absolute Gasteiger partial charge is 0.111 e. The first-order valence-electron chi connectivity index (χ1n) is 5.52. The Morgan fingerprint density at radius 3 is 2.62 bits per heavy atom. The fourth-order valence-electron chi connectivity index (χ4n) is 2.30. The Morgan fingerprint density at radius 1 is 1.25 bits per heavy atom. The Hall–Kier alpha value is -1.74. The topological polar surface area (TPSA) is 41.3 Å². The number of fused-ring (bicyclic) bond motifs is 2. The van der Waals surface area contributed by atoms with Crippen molar-refractivity contribution in [2.24, 2.45) is 5.73 Å². The lowest BCUT2D eigenvalue weighted by molar-refractivity contribution is 0.738. The minimum atomic E-state index is 0.215. The van der Waals surface area contributed by atoms with E-state index < -0.39 is 0 Å². The third-order valence-electron chi connectivity index (χ3n) is 3.26. The summed E-state index contributed by atoms with van der Waals surface area (Å²) in [7, 11) is 2.07. The third kappa shape index (κ3) is 1.25. The molecule has 0 spiro atoms. The fourth-order valence-corrected chi connectivity index (χ4v) is 2.30. The van der Waals surface area contributed by atoms with Gasteiger partial charge in [-0.25, -0.2) is 0 Å². The molecule has 0 radical (unpaired) electrons. The third-order valence-corrected chi connectivity index (χ3v) is 3.26. The van der Waals surface area contributed by atoms with Crippen molar-refractivity contribution < 1.29 is 0 Å². The van der Waals surface area contributed by atoms with E-state index in [-0.39, 0.29) is 6.17 Å². The predicted octanol–water partition coefficient (Wildman–Crippen LogP) is 1.99. The summed E-state index contributed by atoms with van der Waals surface area (Å²) in [5.41, 5.74) is 8.13. The fraction of sp³-hybridized carbons (Fsp3) is 0.231. The monoisotopic (exact) mass is 213 g/mol. The molecule has 1 atom stereocenters. The van der Waals surface area contributed by atoms with Gasteiger partial charge in [-0.2, -0.15) is 0 Å². The van der Waals surface area contributed by atoms with Crippen LogP contribution in [0.4, 0.5) is 11.4 Å². The summed E-state index contributed by atoms with van der Waals surface area (Å²) in [6.45, 7) is 0.613. The molecule has 0 aromatic heterocycles. The molecule has 3 nitrogen and oxygen atoms in total. The van der Waals surface area contributed by atoms with Gasteiger partial charge in [0.15, 0.2) is 0 Å². The summed E-state index contributed by atoms with van der Waals surface area (Å²) in [5.74, 6) is 0. The highest BCUT2D eigenvalue weighted by molar-refractivity contribution is 5.94. The van der Waals surface area contributed by atoms with Crippen molar-refractivity contribution >= 4 is 22.1 Å². The molecule has 2 aromatic carbocycles. The highest BCUT2D eigenvalue weighted by Crippen LogP contribution is 2.36. The van der Waals surface area contributed by atoms with E-state index in [0.29, 0.717) is 6.54 Å². The Balaban J connectivity index is 2.18. The second kappa shape index (κ2) is 3.39. The largest absolute Gasteiger partial charge is 0.362 e. The zero-order valence-electron chi connectivity index (χ0n) is 9.27. The zero-order valence-corrected chi connectivity index (χ0v) is 9.27. The van der Waals surface area contributed by atoms with E-state index in [1.165, 1.54) is 22.1 Å². The summed E-state index contributed by atoms with van der Waals surface area (Å²) in [6, 6.07) is 12.8. The molecule has 3 N–H and O–H groups in total. The van der Waals surface area contributed by atoms with Gasteiger partial charge in [-0.05, 0) is 22.9 Å². The van der Waals surface area contributed by atoms with E-state index in [1.807, 2.05) is 0 Å². The molecule has 1 aliphatic rings. The van der Waals surface area contributed by atoms with Gasteiger partial charge in [0.1, 0.15) is 6.17 Å². The summed E-state index contributed by atoms with van der Waals surface area (Å²) in [4.78, 5) is 2.20. The highest BCUT2D eigenvalue weighted by Gasteiger charge is 2.24. The molecule has 0 fully saturated rings. The molecule has 3 rings (SSSR count). The zero-order chi connectivity index (χ0) is 11.1. The van der Waals surface area contributed by atoms with Crippen LogP contribution in [0.15, 0.2) is 36.4 Å². The van der Waals surface area contributed by atoms with Gasteiger partial charge in [-0.1, -0.05) is 24.3 Å². The van der Waals surface area contributed by atoms with Crippen molar-refractivity contribution in [3.05, 3.63) is 36.4 Å². The van der Waals surface area contributed by atoms with Crippen molar-refractivity contribution in [2.75, 3.05) is 23.8 Å². The van der Waals surface area contributed by atoms with Gasteiger partial charge in [-0.3, -0.25) is 0 Å². The molecule has 0 aliphatic carbocycles. The molecule has 1 heterocycles. The number of hydrogen-bond acceptors (Lipinski definition) is 3. The van der Waals surface area contributed by atoms with Crippen LogP contribution in [-0.2, 0) is 0 Å². The minimum absolute atomic E-state index is 0.215. The second-order valence-electron chi connectivity index (χ2n) is 4.22. The first kappa shape index (κ1) is 9.48. The highest BCUT2D eigenvalue weighted by atomic mass is 15.3. The normalized spacial score (nSPS) is 18.6. The first-order chi connectivity index (χ1) is 7.79. The molecule has 0 bridgehead atoms. The molecule has 1 unspecified atom stereocenters. The lowest BCUT2D eigenvalue weighted by Gasteiger charge is -2.20. The minimum Gasteiger partial charge on any atom is -0.362 e. The maximum Gasteiger partial charge on any atom is 0.111 e. The Bertz CT molecular complexity index is 536. The number of rotatable bonds is 1. The summed E-state index contributed by atoms with van der Waals surface area (Å²) < 4.78 is 0. The van der Waals surface area contributed by atoms with Gasteiger partial charge in [0.05, 0.1) is 11.4 Å². The lowest BCUT2D eigenvalue weighted by atomic mass is 10.1. The van der Waals surface area contributed by atoms with Crippen molar-refractivity contribution in [3.63, 3.8) is 0 Å². The van der Waals surface area contributed by atoms with Gasteiger partial charge in [-0.15, -0.1) is 0 Å². The van der Waals surface area contributed by atoms with Gasteiger partial charge in [0.25, 0.3) is 0 Å². The number of nitrogens with two attached hydrogens (primary N) is 1. The number of likely N-dealkylation sites (N-methyl/N-ethyl adjacent to an activating group) is 1. The van der Waals surface area contributed by atoms with Crippen LogP contribution in [-0.4, -0.2) is 19.8 Å². The predicted molar refractivity (Wildman–Crippen MR) is 68.8 cm³/mol. The number of nitrogens with one attached hydrogen (secondary N) is 1. The Morgan fingerprint density at radius 2 is 1.94 bits per heavy atom. The number of nitrogens with zero attached hydrogens (tertiary/aromatic N) is 1. The maximum absolute atomic E-state index is 5.72. The molecular formula is C13H15N3. The van der Waals surface area contributed by atoms with Crippen molar-refractivity contribution in [1.82, 2.24) is 0 Å². The van der Waals surface area contributed by atoms with Crippen LogP contribution in [0.1, 0.15) is 0 Å².